The Morgan fingerprint density at radius 2 is 0.500 bits per heavy atom. The van der Waals surface area contributed by atoms with Crippen molar-refractivity contribution in [3.63, 3.8) is 0 Å². The summed E-state index contributed by atoms with van der Waals surface area (Å²) in [5, 5.41) is 0. The van der Waals surface area contributed by atoms with Crippen LogP contribution in [-0.4, -0.2) is 37.2 Å². The molecule has 0 saturated heterocycles. The van der Waals surface area contributed by atoms with Crippen LogP contribution in [0, 0.1) is 0 Å². The Bertz CT molecular complexity index is 1480. The molecule has 0 aliphatic rings. The minimum absolute atomic E-state index is 0.0867. The van der Waals surface area contributed by atoms with E-state index < -0.39 is 6.10 Å². The summed E-state index contributed by atoms with van der Waals surface area (Å²) >= 11 is 0. The molecule has 6 nitrogen and oxygen atoms in total. The van der Waals surface area contributed by atoms with Crippen molar-refractivity contribution in [3.05, 3.63) is 85.1 Å². The molecule has 1 atom stereocenters. The van der Waals surface area contributed by atoms with Gasteiger partial charge < -0.3 is 14.2 Å². The summed E-state index contributed by atoms with van der Waals surface area (Å²) in [5.41, 5.74) is 0. The lowest BCUT2D eigenvalue weighted by atomic mass is 10.0. The highest BCUT2D eigenvalue weighted by molar-refractivity contribution is 5.71. The molecule has 0 radical (unpaired) electrons. The Morgan fingerprint density at radius 1 is 0.269 bits per heavy atom. The molecule has 0 aliphatic heterocycles. The number of allylic oxidation sites excluding steroid dienone is 14. The van der Waals surface area contributed by atoms with Gasteiger partial charge in [-0.15, -0.1) is 0 Å². The molecule has 1 unspecified atom stereocenters. The molecule has 0 saturated carbocycles. The van der Waals surface area contributed by atoms with Crippen LogP contribution in [0.25, 0.3) is 0 Å². The first-order valence-electron chi connectivity index (χ1n) is 33.6. The van der Waals surface area contributed by atoms with Crippen LogP contribution in [0.5, 0.6) is 0 Å². The average molecular weight is 1090 g/mol. The third-order valence-corrected chi connectivity index (χ3v) is 14.6. The number of rotatable bonds is 61. The topological polar surface area (TPSA) is 78.9 Å². The molecule has 0 aliphatic carbocycles. The van der Waals surface area contributed by atoms with Gasteiger partial charge in [-0.2, -0.15) is 0 Å². The number of hydrogen-bond donors (Lipinski definition) is 0. The third kappa shape index (κ3) is 63.4. The molecule has 0 fully saturated rings. The van der Waals surface area contributed by atoms with Crippen molar-refractivity contribution < 1.29 is 28.6 Å². The average Bonchev–Trinajstić information content (AvgIpc) is 3.44. The van der Waals surface area contributed by atoms with Gasteiger partial charge in [-0.1, -0.05) is 286 Å². The Kier molecular flexibility index (Phi) is 63.2. The van der Waals surface area contributed by atoms with E-state index in [4.69, 9.17) is 14.2 Å². The van der Waals surface area contributed by atoms with Gasteiger partial charge in [0.1, 0.15) is 13.2 Å². The van der Waals surface area contributed by atoms with Gasteiger partial charge in [-0.25, -0.2) is 0 Å². The van der Waals surface area contributed by atoms with E-state index in [1.165, 1.54) is 186 Å². The summed E-state index contributed by atoms with van der Waals surface area (Å²) < 4.78 is 16.9. The van der Waals surface area contributed by atoms with Crippen molar-refractivity contribution in [2.24, 2.45) is 0 Å². The van der Waals surface area contributed by atoms with Crippen LogP contribution in [-0.2, 0) is 28.6 Å². The second-order valence-electron chi connectivity index (χ2n) is 22.3. The molecule has 0 aromatic rings. The minimum Gasteiger partial charge on any atom is -0.462 e. The molecule has 78 heavy (non-hydrogen) atoms. The highest BCUT2D eigenvalue weighted by Gasteiger charge is 2.19. The summed E-state index contributed by atoms with van der Waals surface area (Å²) in [6, 6.07) is 0. The Labute approximate surface area is 484 Å². The first-order valence-corrected chi connectivity index (χ1v) is 33.6. The third-order valence-electron chi connectivity index (χ3n) is 14.6. The molecule has 6 heteroatoms. The van der Waals surface area contributed by atoms with Crippen LogP contribution < -0.4 is 0 Å². The Morgan fingerprint density at radius 3 is 0.808 bits per heavy atom. The van der Waals surface area contributed by atoms with Crippen LogP contribution in [0.1, 0.15) is 335 Å². The van der Waals surface area contributed by atoms with Crippen LogP contribution >= 0.6 is 0 Å². The van der Waals surface area contributed by atoms with E-state index in [0.717, 1.165) is 109 Å². The maximum atomic E-state index is 12.9. The molecule has 0 N–H and O–H groups in total. The van der Waals surface area contributed by atoms with Gasteiger partial charge in [0.05, 0.1) is 0 Å². The number of carbonyl (C=O) groups is 3. The van der Waals surface area contributed by atoms with E-state index in [1.807, 2.05) is 0 Å². The zero-order chi connectivity index (χ0) is 56.4. The van der Waals surface area contributed by atoms with Crippen molar-refractivity contribution in [2.75, 3.05) is 13.2 Å². The second-order valence-corrected chi connectivity index (χ2v) is 22.3. The quantitative estimate of drug-likeness (QED) is 0.0261. The van der Waals surface area contributed by atoms with Crippen molar-refractivity contribution >= 4 is 17.9 Å². The van der Waals surface area contributed by atoms with E-state index in [0.29, 0.717) is 19.3 Å². The Hall–Kier alpha value is -3.41. The van der Waals surface area contributed by atoms with Crippen LogP contribution in [0.15, 0.2) is 85.1 Å². The number of hydrogen-bond acceptors (Lipinski definition) is 6. The minimum atomic E-state index is -0.792. The van der Waals surface area contributed by atoms with Crippen molar-refractivity contribution in [1.29, 1.82) is 0 Å². The summed E-state index contributed by atoms with van der Waals surface area (Å²) in [6.45, 7) is 6.50. The fraction of sp³-hybridized carbons (Fsp3) is 0.764. The molecular formula is C72H126O6. The van der Waals surface area contributed by atoms with Gasteiger partial charge in [0, 0.05) is 19.3 Å². The van der Waals surface area contributed by atoms with Crippen LogP contribution in [0.2, 0.25) is 0 Å². The van der Waals surface area contributed by atoms with Gasteiger partial charge >= 0.3 is 17.9 Å². The highest BCUT2D eigenvalue weighted by Crippen LogP contribution is 2.17. The molecule has 0 spiro atoms. The van der Waals surface area contributed by atoms with E-state index in [1.54, 1.807) is 0 Å². The normalized spacial score (nSPS) is 12.6. The van der Waals surface area contributed by atoms with Crippen LogP contribution in [0.4, 0.5) is 0 Å². The fourth-order valence-electron chi connectivity index (χ4n) is 9.58. The van der Waals surface area contributed by atoms with Gasteiger partial charge in [-0.05, 0) is 116 Å². The zero-order valence-corrected chi connectivity index (χ0v) is 51.7. The molecular weight excluding hydrogens is 961 g/mol. The largest absolute Gasteiger partial charge is 0.462 e. The van der Waals surface area contributed by atoms with E-state index in [-0.39, 0.29) is 31.1 Å². The Balaban J connectivity index is 4.14. The molecule has 0 rings (SSSR count). The number of ether oxygens (including phenoxy) is 3. The molecule has 0 bridgehead atoms. The fourth-order valence-corrected chi connectivity index (χ4v) is 9.58. The monoisotopic (exact) mass is 1090 g/mol. The molecule has 0 aromatic carbocycles. The summed E-state index contributed by atoms with van der Waals surface area (Å²) in [4.78, 5) is 38.2. The van der Waals surface area contributed by atoms with Gasteiger partial charge in [0.2, 0.25) is 0 Å². The smallest absolute Gasteiger partial charge is 0.306 e. The van der Waals surface area contributed by atoms with Crippen molar-refractivity contribution in [2.45, 2.75) is 341 Å². The lowest BCUT2D eigenvalue weighted by molar-refractivity contribution is -0.167. The number of esters is 3. The zero-order valence-electron chi connectivity index (χ0n) is 51.7. The maximum Gasteiger partial charge on any atom is 0.306 e. The first kappa shape index (κ1) is 74.6. The predicted molar refractivity (Wildman–Crippen MR) is 339 cm³/mol. The molecule has 0 amide bonds. The lowest BCUT2D eigenvalue weighted by Gasteiger charge is -2.18. The SMILES string of the molecule is CC/C=C\C/C=C\C/C=C\CCCCCC(=O)OCC(COC(=O)CCCCCCCCCCCCCCCCCCCC/C=C\C/C=C\C/C=C\CCCCCCC)OC(=O)CCCCCCC/C=C\CCCCCCC. The van der Waals surface area contributed by atoms with Crippen molar-refractivity contribution in [1.82, 2.24) is 0 Å². The summed E-state index contributed by atoms with van der Waals surface area (Å²) in [7, 11) is 0. The summed E-state index contributed by atoms with van der Waals surface area (Å²) in [6.07, 6.45) is 87.6. The standard InChI is InChI=1S/C72H126O6/c1-4-7-10-13-16-19-22-25-27-28-29-30-31-32-33-34-35-36-37-38-39-40-41-42-43-44-45-48-50-53-56-59-62-65-71(74)77-68-69(67-76-70(73)64-61-58-55-52-49-46-24-21-18-15-12-9-6-3)78-72(75)66-63-60-57-54-51-47-26-23-20-17-14-11-8-5-2/h9,12,18,21-23,25-26,28-29,31-32,46,49,69H,4-8,10-11,13-17,19-20,24,27,30,33-45,47-48,50-68H2,1-3H3/b12-9-,21-18-,25-22-,26-23-,29-28-,32-31-,49-46-. The predicted octanol–water partition coefficient (Wildman–Crippen LogP) is 23.1. The molecule has 0 aromatic heterocycles. The van der Waals surface area contributed by atoms with Gasteiger partial charge in [0.25, 0.3) is 0 Å². The molecule has 0 heterocycles. The van der Waals surface area contributed by atoms with Gasteiger partial charge in [-0.3, -0.25) is 14.4 Å². The highest BCUT2D eigenvalue weighted by atomic mass is 16.6. The van der Waals surface area contributed by atoms with Gasteiger partial charge in [0.15, 0.2) is 6.10 Å². The molecule has 450 valence electrons. The van der Waals surface area contributed by atoms with E-state index >= 15 is 0 Å². The van der Waals surface area contributed by atoms with Crippen molar-refractivity contribution in [3.8, 4) is 0 Å². The summed E-state index contributed by atoms with van der Waals surface area (Å²) in [5.74, 6) is -0.914. The number of carbonyl (C=O) groups excluding carboxylic acids is 3. The van der Waals surface area contributed by atoms with E-state index in [9.17, 15) is 14.4 Å². The second kappa shape index (κ2) is 66.1. The number of unbranched alkanes of at least 4 members (excludes halogenated alkanes) is 36. The maximum absolute atomic E-state index is 12.9. The lowest BCUT2D eigenvalue weighted by Crippen LogP contribution is -2.30. The first-order chi connectivity index (χ1) is 38.5. The van der Waals surface area contributed by atoms with Crippen LogP contribution in [0.3, 0.4) is 0 Å². The van der Waals surface area contributed by atoms with E-state index in [2.05, 4.69) is 106 Å².